The van der Waals surface area contributed by atoms with Crippen LogP contribution in [0.2, 0.25) is 0 Å². The number of ether oxygens (including phenoxy) is 1. The first-order valence-electron chi connectivity index (χ1n) is 24.5. The van der Waals surface area contributed by atoms with Gasteiger partial charge in [-0.3, -0.25) is 9.59 Å². The van der Waals surface area contributed by atoms with Gasteiger partial charge >= 0.3 is 0 Å². The third-order valence-electron chi connectivity index (χ3n) is 9.24. The van der Waals surface area contributed by atoms with Crippen molar-refractivity contribution in [1.82, 2.24) is 40.4 Å². The van der Waals surface area contributed by atoms with Crippen LogP contribution in [0.15, 0.2) is 48.6 Å². The summed E-state index contributed by atoms with van der Waals surface area (Å²) >= 11 is 5.64. The average Bonchev–Trinajstić information content (AvgIpc) is 3.93. The van der Waals surface area contributed by atoms with Gasteiger partial charge in [0.05, 0.1) is 18.7 Å². The molecule has 0 amide bonds. The van der Waals surface area contributed by atoms with Gasteiger partial charge in [0, 0.05) is 48.0 Å². The number of aryl methyl sites for hydroxylation is 2. The molecule has 1 N–H and O–H groups in total. The first kappa shape index (κ1) is 27.0. The summed E-state index contributed by atoms with van der Waals surface area (Å²) in [6, 6.07) is 9.47. The van der Waals surface area contributed by atoms with Crippen LogP contribution >= 0.6 is 11.6 Å². The fourth-order valence-corrected chi connectivity index (χ4v) is 6.49. The second-order valence-electron chi connectivity index (χ2n) is 13.3. The maximum atomic E-state index is 11.5. The summed E-state index contributed by atoms with van der Waals surface area (Å²) in [5, 5.41) is 32.2. The monoisotopic (exact) mass is 780 g/mol. The molecule has 2 aromatic carbocycles. The Hall–Kier alpha value is -4.71. The molecule has 0 spiro atoms. The van der Waals surface area contributed by atoms with E-state index < -0.39 is 50.3 Å². The third kappa shape index (κ3) is 11.9. The molecule has 4 aliphatic rings. The smallest absolute Gasteiger partial charge is 0.160 e. The number of aromatic nitrogens is 8. The first-order chi connectivity index (χ1) is 31.4. The van der Waals surface area contributed by atoms with Crippen LogP contribution in [0.1, 0.15) is 152 Å². The molecule has 0 radical (unpaired) electrons. The second kappa shape index (κ2) is 20.8. The molecule has 0 saturated heterocycles. The van der Waals surface area contributed by atoms with Gasteiger partial charge in [-0.25, -0.2) is 9.36 Å². The van der Waals surface area contributed by atoms with E-state index in [1.165, 1.54) is 9.36 Å². The van der Waals surface area contributed by atoms with E-state index in [4.69, 9.17) is 37.9 Å². The molecule has 13 heteroatoms. The number of phenolic OH excluding ortho intramolecular Hbond substituents is 1. The van der Waals surface area contributed by atoms with Gasteiger partial charge in [-0.1, -0.05) is 62.5 Å². The lowest BCUT2D eigenvalue weighted by atomic mass is 9.95. The van der Waals surface area contributed by atoms with Crippen molar-refractivity contribution in [2.45, 2.75) is 127 Å². The van der Waals surface area contributed by atoms with Crippen molar-refractivity contribution in [2.24, 2.45) is 0 Å². The quantitative estimate of drug-likeness (QED) is 0.111. The summed E-state index contributed by atoms with van der Waals surface area (Å²) in [6.45, 7) is 0.484. The van der Waals surface area contributed by atoms with Crippen LogP contribution in [0, 0.1) is 0 Å². The molecule has 8 rings (SSSR count). The number of hydrogen-bond acceptors (Lipinski definition) is 10. The summed E-state index contributed by atoms with van der Waals surface area (Å²) in [5.41, 5.74) is 3.91. The molecular weight excluding hydrogens is 716 g/mol. The van der Waals surface area contributed by atoms with Crippen LogP contribution in [0.4, 0.5) is 0 Å². The highest BCUT2D eigenvalue weighted by Gasteiger charge is 2.21. The highest BCUT2D eigenvalue weighted by molar-refractivity contribution is 6.17. The number of phenols is 1. The molecule has 55 heavy (non-hydrogen) atoms. The predicted molar refractivity (Wildman–Crippen MR) is 212 cm³/mol. The SMILES string of the molecule is O=C1C=Cc2cc(O)ccc2C1.[2H]C1([2H])CC(n2nnnc2CCCCCl)CC([2H])([2H])C1([2H])[2H].[2H]C1([2H])CC(n2nnnc2CCCCOc2ccc3c(c2)C=CC(=O)C3)CC([2H])([2H])C1([2H])[2H]. The normalized spacial score (nSPS) is 25.5. The summed E-state index contributed by atoms with van der Waals surface area (Å²) in [6.07, 6.45) is -3.46. The van der Waals surface area contributed by atoms with Gasteiger partial charge < -0.3 is 9.84 Å². The number of benzene rings is 2. The molecule has 4 aromatic rings. The molecule has 0 atom stereocenters. The summed E-state index contributed by atoms with van der Waals surface area (Å²) in [5.74, 6) is 2.81. The number of carbonyl (C=O) groups is 2. The molecule has 0 aliphatic heterocycles. The maximum absolute atomic E-state index is 11.5. The number of carbonyl (C=O) groups excluding carboxylic acids is 2. The predicted octanol–water partition coefficient (Wildman–Crippen LogP) is 7.99. The molecule has 2 fully saturated rings. The highest BCUT2D eigenvalue weighted by atomic mass is 35.5. The Bertz CT molecular complexity index is 2420. The van der Waals surface area contributed by atoms with E-state index in [-0.39, 0.29) is 43.0 Å². The number of unbranched alkanes of at least 4 members (excludes halogenated alkanes) is 2. The van der Waals surface area contributed by atoms with Crippen molar-refractivity contribution in [2.75, 3.05) is 12.5 Å². The lowest BCUT2D eigenvalue weighted by molar-refractivity contribution is -0.114. The largest absolute Gasteiger partial charge is 0.508 e. The fourth-order valence-electron chi connectivity index (χ4n) is 6.30. The average molecular weight is 781 g/mol. The van der Waals surface area contributed by atoms with Gasteiger partial charge in [-0.2, -0.15) is 0 Å². The van der Waals surface area contributed by atoms with Gasteiger partial charge in [-0.15, -0.1) is 21.8 Å². The maximum Gasteiger partial charge on any atom is 0.160 e. The molecule has 0 unspecified atom stereocenters. The van der Waals surface area contributed by atoms with Gasteiger partial charge in [0.2, 0.25) is 0 Å². The Kier molecular flexibility index (Phi) is 10.2. The van der Waals surface area contributed by atoms with Gasteiger partial charge in [-0.05, 0) is 131 Å². The number of fused-ring (bicyclic) bond motifs is 2. The van der Waals surface area contributed by atoms with E-state index in [0.29, 0.717) is 56.2 Å². The summed E-state index contributed by atoms with van der Waals surface area (Å²) < 4.78 is 104. The van der Waals surface area contributed by atoms with E-state index in [9.17, 15) is 9.59 Å². The Labute approximate surface area is 345 Å². The van der Waals surface area contributed by atoms with E-state index in [1.807, 2.05) is 18.2 Å². The highest BCUT2D eigenvalue weighted by Crippen LogP contribution is 2.29. The molecule has 4 aliphatic carbocycles. The number of nitrogens with zero attached hydrogens (tertiary/aromatic N) is 8. The van der Waals surface area contributed by atoms with Gasteiger partial charge in [0.1, 0.15) is 11.5 Å². The second-order valence-corrected chi connectivity index (χ2v) is 13.7. The molecule has 292 valence electrons. The zero-order valence-corrected chi connectivity index (χ0v) is 31.2. The molecule has 2 aromatic heterocycles. The number of hydrogen-bond donors (Lipinski definition) is 1. The number of allylic oxidation sites excluding steroid dienone is 2. The molecule has 12 nitrogen and oxygen atoms in total. The number of tetrazole rings is 2. The van der Waals surface area contributed by atoms with Crippen molar-refractivity contribution in [3.63, 3.8) is 0 Å². The lowest BCUT2D eigenvalue weighted by Crippen LogP contribution is -2.17. The number of aromatic hydroxyl groups is 1. The van der Waals surface area contributed by atoms with Crippen LogP contribution in [-0.2, 0) is 35.3 Å². The minimum absolute atomic E-state index is 0.0951. The van der Waals surface area contributed by atoms with Crippen molar-refractivity contribution in [1.29, 1.82) is 0 Å². The molecule has 2 saturated carbocycles. The number of alkyl halides is 1. The number of halogens is 1. The number of rotatable bonds is 12. The van der Waals surface area contributed by atoms with Gasteiger partial charge in [0.15, 0.2) is 23.2 Å². The Morgan fingerprint density at radius 2 is 1.22 bits per heavy atom. The van der Waals surface area contributed by atoms with Gasteiger partial charge in [0.25, 0.3) is 0 Å². The van der Waals surface area contributed by atoms with Crippen LogP contribution in [0.5, 0.6) is 11.5 Å². The fraction of sp³-hybridized carbons (Fsp3) is 0.524. The zero-order valence-electron chi connectivity index (χ0n) is 42.5. The minimum Gasteiger partial charge on any atom is -0.508 e. The summed E-state index contributed by atoms with van der Waals surface area (Å²) in [4.78, 5) is 22.4. The first-order valence-corrected chi connectivity index (χ1v) is 19.0. The van der Waals surface area contributed by atoms with Crippen molar-refractivity contribution >= 4 is 35.3 Å². The molecule has 0 bridgehead atoms. The van der Waals surface area contributed by atoms with Crippen LogP contribution in [0.3, 0.4) is 0 Å². The van der Waals surface area contributed by atoms with E-state index >= 15 is 0 Å². The van der Waals surface area contributed by atoms with Crippen LogP contribution < -0.4 is 4.74 Å². The minimum atomic E-state index is -2.59. The van der Waals surface area contributed by atoms with Crippen LogP contribution in [0.25, 0.3) is 12.2 Å². The van der Waals surface area contributed by atoms with Crippen molar-refractivity contribution in [3.05, 3.63) is 82.5 Å². The molecule has 2 heterocycles. The topological polar surface area (TPSA) is 151 Å². The van der Waals surface area contributed by atoms with Crippen molar-refractivity contribution < 1.29 is 35.9 Å². The van der Waals surface area contributed by atoms with E-state index in [1.54, 1.807) is 42.5 Å². The Morgan fingerprint density at radius 1 is 0.691 bits per heavy atom. The Balaban J connectivity index is 0.000000186. The van der Waals surface area contributed by atoms with E-state index in [0.717, 1.165) is 47.3 Å². The standard InChI is InChI=1S/C21H26N4O2.C11H19ClN4.C10H8O2/c26-19-11-9-17-15-20(12-10-16(17)14-19)27-13-5-4-8-21-22-23-24-25(21)18-6-2-1-3-7-18;12-9-5-4-8-11-13-14-15-16(11)10-6-2-1-3-7-10;11-9-3-1-7-5-10(12)4-2-8(7)6-9/h9-12,15,18H,1-8,13-14H2;10H,1-9H2;1-5,12H,6H2/i2*1D2,2D2,3D2;. The van der Waals surface area contributed by atoms with Crippen molar-refractivity contribution in [3.8, 4) is 11.5 Å². The third-order valence-corrected chi connectivity index (χ3v) is 9.51. The summed E-state index contributed by atoms with van der Waals surface area (Å²) in [7, 11) is 0. The zero-order chi connectivity index (χ0) is 49.0. The van der Waals surface area contributed by atoms with E-state index in [2.05, 4.69) is 31.1 Å². The number of ketones is 2. The molecular formula is C42H53ClN8O4. The lowest BCUT2D eigenvalue weighted by Gasteiger charge is -2.22. The van der Waals surface area contributed by atoms with Crippen LogP contribution in [-0.4, -0.2) is 69.6 Å². The Morgan fingerprint density at radius 3 is 1.78 bits per heavy atom.